The molecule has 0 aliphatic rings. The van der Waals surface area contributed by atoms with Gasteiger partial charge in [0.05, 0.1) is 5.69 Å². The first-order valence-corrected chi connectivity index (χ1v) is 12.7. The number of para-hydroxylation sites is 1. The van der Waals surface area contributed by atoms with Crippen molar-refractivity contribution in [3.8, 4) is 16.9 Å². The third-order valence-electron chi connectivity index (χ3n) is 6.11. The number of aryl methyl sites for hydroxylation is 1. The molecule has 0 fully saturated rings. The summed E-state index contributed by atoms with van der Waals surface area (Å²) in [4.78, 5) is 45.5. The molecule has 0 saturated heterocycles. The van der Waals surface area contributed by atoms with Crippen molar-refractivity contribution in [3.05, 3.63) is 81.6 Å². The van der Waals surface area contributed by atoms with E-state index in [-0.39, 0.29) is 30.6 Å². The minimum atomic E-state index is -1.15. The summed E-state index contributed by atoms with van der Waals surface area (Å²) >= 11 is 0. The fourth-order valence-electron chi connectivity index (χ4n) is 4.16. The average Bonchev–Trinajstić information content (AvgIpc) is 2.92. The highest BCUT2D eigenvalue weighted by Gasteiger charge is 2.21. The molecule has 0 aliphatic heterocycles. The van der Waals surface area contributed by atoms with Gasteiger partial charge in [-0.05, 0) is 55.7 Å². The van der Waals surface area contributed by atoms with Gasteiger partial charge in [0.2, 0.25) is 5.95 Å². The molecule has 2 amide bonds. The van der Waals surface area contributed by atoms with Gasteiger partial charge in [-0.3, -0.25) is 14.2 Å². The monoisotopic (exact) mass is 550 g/mol. The number of anilines is 1. The van der Waals surface area contributed by atoms with Crippen LogP contribution in [0.4, 0.5) is 19.5 Å². The van der Waals surface area contributed by atoms with Crippen LogP contribution in [-0.4, -0.2) is 51.3 Å². The van der Waals surface area contributed by atoms with Crippen molar-refractivity contribution in [3.63, 3.8) is 0 Å². The Hall–Kier alpha value is -4.87. The Morgan fingerprint density at radius 2 is 1.73 bits per heavy atom. The van der Waals surface area contributed by atoms with Gasteiger partial charge >= 0.3 is 6.09 Å². The van der Waals surface area contributed by atoms with Crippen molar-refractivity contribution in [1.29, 1.82) is 0 Å². The van der Waals surface area contributed by atoms with Gasteiger partial charge in [0.25, 0.3) is 11.5 Å². The number of benzene rings is 2. The molecular weight excluding hydrogens is 522 g/mol. The zero-order chi connectivity index (χ0) is 28.8. The summed E-state index contributed by atoms with van der Waals surface area (Å²) in [5.41, 5.74) is 0.719. The maximum atomic E-state index is 14.9. The van der Waals surface area contributed by atoms with Crippen LogP contribution in [0.1, 0.15) is 35.7 Å². The number of amides is 2. The lowest BCUT2D eigenvalue weighted by Gasteiger charge is -2.16. The molecule has 4 rings (SSSR count). The summed E-state index contributed by atoms with van der Waals surface area (Å²) in [5, 5.41) is 17.2. The Morgan fingerprint density at radius 3 is 2.42 bits per heavy atom. The van der Waals surface area contributed by atoms with Gasteiger partial charge in [0, 0.05) is 42.2 Å². The van der Waals surface area contributed by atoms with Gasteiger partial charge < -0.3 is 21.1 Å². The van der Waals surface area contributed by atoms with E-state index in [1.165, 1.54) is 18.2 Å². The minimum absolute atomic E-state index is 0.0482. The lowest BCUT2D eigenvalue weighted by molar-refractivity contribution is 0.0953. The number of nitrogens with zero attached hydrogens (tertiary/aromatic N) is 3. The largest absolute Gasteiger partial charge is 0.465 e. The summed E-state index contributed by atoms with van der Waals surface area (Å²) in [6.07, 6.45) is -0.000558. The van der Waals surface area contributed by atoms with Crippen LogP contribution >= 0.6 is 0 Å². The highest BCUT2D eigenvalue weighted by Crippen LogP contribution is 2.31. The number of fused-ring (bicyclic) bond motifs is 1. The van der Waals surface area contributed by atoms with Crippen LogP contribution in [0.3, 0.4) is 0 Å². The first-order chi connectivity index (χ1) is 19.2. The zero-order valence-electron chi connectivity index (χ0n) is 21.9. The Balaban J connectivity index is 1.92. The first-order valence-electron chi connectivity index (χ1n) is 12.7. The van der Waals surface area contributed by atoms with E-state index >= 15 is 0 Å². The van der Waals surface area contributed by atoms with Crippen LogP contribution in [0.25, 0.3) is 28.0 Å². The Labute approximate surface area is 228 Å². The lowest BCUT2D eigenvalue weighted by Crippen LogP contribution is -2.24. The summed E-state index contributed by atoms with van der Waals surface area (Å²) in [7, 11) is 0. The molecule has 12 heteroatoms. The third-order valence-corrected chi connectivity index (χ3v) is 6.11. The number of rotatable bonds is 10. The maximum Gasteiger partial charge on any atom is 0.404 e. The molecule has 0 unspecified atom stereocenters. The topological polar surface area (TPSA) is 138 Å². The predicted molar refractivity (Wildman–Crippen MR) is 147 cm³/mol. The van der Waals surface area contributed by atoms with E-state index in [0.29, 0.717) is 35.2 Å². The maximum absolute atomic E-state index is 14.9. The summed E-state index contributed by atoms with van der Waals surface area (Å²) in [6.45, 7) is 4.70. The van der Waals surface area contributed by atoms with Crippen LogP contribution in [0.5, 0.6) is 0 Å². The number of halogens is 2. The Bertz CT molecular complexity index is 1620. The number of hydrogen-bond donors (Lipinski definition) is 4. The number of nitrogens with one attached hydrogen (secondary N) is 3. The van der Waals surface area contributed by atoms with Gasteiger partial charge in [-0.1, -0.05) is 19.1 Å². The van der Waals surface area contributed by atoms with Crippen molar-refractivity contribution >= 4 is 29.0 Å². The quantitative estimate of drug-likeness (QED) is 0.217. The van der Waals surface area contributed by atoms with Crippen molar-refractivity contribution in [2.24, 2.45) is 0 Å². The molecule has 0 radical (unpaired) electrons. The van der Waals surface area contributed by atoms with Gasteiger partial charge in [0.1, 0.15) is 17.3 Å². The summed E-state index contributed by atoms with van der Waals surface area (Å²) in [6, 6.07) is 11.1. The van der Waals surface area contributed by atoms with E-state index < -0.39 is 29.0 Å². The number of aromatic nitrogens is 3. The van der Waals surface area contributed by atoms with E-state index in [1.807, 2.05) is 13.8 Å². The van der Waals surface area contributed by atoms with E-state index in [1.54, 1.807) is 18.2 Å². The second-order valence-corrected chi connectivity index (χ2v) is 9.01. The second kappa shape index (κ2) is 12.3. The lowest BCUT2D eigenvalue weighted by atomic mass is 9.99. The molecule has 2 heterocycles. The fourth-order valence-corrected chi connectivity index (χ4v) is 4.16. The fraction of sp³-hybridized carbons (Fsp3) is 0.250. The molecule has 0 aliphatic carbocycles. The number of carboxylic acid groups (broad SMARTS) is 1. The third kappa shape index (κ3) is 6.06. The molecule has 0 atom stereocenters. The molecule has 2 aromatic heterocycles. The summed E-state index contributed by atoms with van der Waals surface area (Å²) < 4.78 is 30.6. The number of pyridine rings is 1. The van der Waals surface area contributed by atoms with E-state index in [0.717, 1.165) is 28.7 Å². The normalized spacial score (nSPS) is 10.9. The molecule has 4 N–H and O–H groups in total. The molecular formula is C28H28F2N6O4. The minimum Gasteiger partial charge on any atom is -0.465 e. The predicted octanol–water partition coefficient (Wildman–Crippen LogP) is 4.24. The molecule has 0 bridgehead atoms. The van der Waals surface area contributed by atoms with Crippen LogP contribution in [0.15, 0.2) is 53.3 Å². The number of hydrogen-bond acceptors (Lipinski definition) is 6. The standard InChI is InChI=1S/C28H28F2N6O4/c1-3-12-31-26(38)17-9-8-16(2)19(15-17)23-18-10-11-22(37)36(24-20(29)6-4-7-21(24)30)25(18)35-27(34-23)32-13-5-14-33-28(39)40/h4,6-11,15,33H,3,5,12-14H2,1-2H3,(H,31,38)(H,39,40)(H,32,34,35). The first kappa shape index (κ1) is 28.1. The van der Waals surface area contributed by atoms with E-state index in [9.17, 15) is 23.2 Å². The van der Waals surface area contributed by atoms with Crippen LogP contribution in [-0.2, 0) is 0 Å². The smallest absolute Gasteiger partial charge is 0.404 e. The molecule has 0 spiro atoms. The second-order valence-electron chi connectivity index (χ2n) is 9.01. The van der Waals surface area contributed by atoms with Gasteiger partial charge in [-0.15, -0.1) is 0 Å². The number of carbonyl (C=O) groups excluding carboxylic acids is 1. The van der Waals surface area contributed by atoms with Crippen molar-refractivity contribution in [2.75, 3.05) is 25.0 Å². The Morgan fingerprint density at radius 1 is 0.975 bits per heavy atom. The zero-order valence-corrected chi connectivity index (χ0v) is 21.9. The SMILES string of the molecule is CCCNC(=O)c1ccc(C)c(-c2nc(NCCCNC(=O)O)nc3c2ccc(=O)n3-c2c(F)cccc2F)c1. The van der Waals surface area contributed by atoms with Crippen molar-refractivity contribution < 1.29 is 23.5 Å². The molecule has 40 heavy (non-hydrogen) atoms. The van der Waals surface area contributed by atoms with Crippen LogP contribution < -0.4 is 21.5 Å². The highest BCUT2D eigenvalue weighted by atomic mass is 19.1. The van der Waals surface area contributed by atoms with Gasteiger partial charge in [-0.2, -0.15) is 4.98 Å². The molecule has 0 saturated carbocycles. The highest BCUT2D eigenvalue weighted by molar-refractivity contribution is 5.98. The van der Waals surface area contributed by atoms with Crippen molar-refractivity contribution in [2.45, 2.75) is 26.7 Å². The van der Waals surface area contributed by atoms with Crippen LogP contribution in [0.2, 0.25) is 0 Å². The summed E-state index contributed by atoms with van der Waals surface area (Å²) in [5.74, 6) is -2.12. The van der Waals surface area contributed by atoms with Crippen LogP contribution in [0, 0.1) is 18.6 Å². The average molecular weight is 551 g/mol. The van der Waals surface area contributed by atoms with Gasteiger partial charge in [0.15, 0.2) is 5.65 Å². The van der Waals surface area contributed by atoms with E-state index in [4.69, 9.17) is 5.11 Å². The molecule has 208 valence electrons. The molecule has 4 aromatic rings. The number of carbonyl (C=O) groups is 2. The molecule has 10 nitrogen and oxygen atoms in total. The molecule has 2 aromatic carbocycles. The van der Waals surface area contributed by atoms with Crippen molar-refractivity contribution in [1.82, 2.24) is 25.2 Å². The van der Waals surface area contributed by atoms with E-state index in [2.05, 4.69) is 25.9 Å². The Kier molecular flexibility index (Phi) is 8.67. The van der Waals surface area contributed by atoms with Gasteiger partial charge in [-0.25, -0.2) is 18.6 Å².